The van der Waals surface area contributed by atoms with Gasteiger partial charge in [-0.2, -0.15) is 13.2 Å². The number of hydrogen-bond acceptors (Lipinski definition) is 3. The zero-order valence-corrected chi connectivity index (χ0v) is 12.9. The number of anilines is 1. The van der Waals surface area contributed by atoms with Crippen molar-refractivity contribution < 1.29 is 18.0 Å². The van der Waals surface area contributed by atoms with Crippen LogP contribution in [0.4, 0.5) is 18.3 Å². The first-order valence-electron chi connectivity index (χ1n) is 6.62. The van der Waals surface area contributed by atoms with Crippen LogP contribution in [-0.2, 0) is 11.0 Å². The maximum Gasteiger partial charge on any atom is 0.416 e. The molecule has 2 aromatic rings. The van der Waals surface area contributed by atoms with Crippen LogP contribution in [0.1, 0.15) is 30.4 Å². The molecule has 0 fully saturated rings. The van der Waals surface area contributed by atoms with Crippen LogP contribution in [0.5, 0.6) is 0 Å². The van der Waals surface area contributed by atoms with Crippen molar-refractivity contribution in [2.75, 3.05) is 11.9 Å². The van der Waals surface area contributed by atoms with Crippen molar-refractivity contribution in [1.29, 1.82) is 0 Å². The van der Waals surface area contributed by atoms with E-state index < -0.39 is 11.7 Å². The van der Waals surface area contributed by atoms with Crippen LogP contribution in [0.3, 0.4) is 0 Å². The van der Waals surface area contributed by atoms with Gasteiger partial charge in [0, 0.05) is 25.0 Å². The Kier molecular flexibility index (Phi) is 4.85. The summed E-state index contributed by atoms with van der Waals surface area (Å²) in [5.41, 5.74) is 0.0172. The van der Waals surface area contributed by atoms with Gasteiger partial charge in [-0.15, -0.1) is 11.3 Å². The van der Waals surface area contributed by atoms with Crippen molar-refractivity contribution in [3.63, 3.8) is 0 Å². The normalized spacial score (nSPS) is 13.0. The number of halogens is 3. The van der Waals surface area contributed by atoms with E-state index in [1.165, 1.54) is 28.4 Å². The Morgan fingerprint density at radius 2 is 1.95 bits per heavy atom. The molecule has 22 heavy (non-hydrogen) atoms. The Hall–Kier alpha value is -1.89. The lowest BCUT2D eigenvalue weighted by molar-refractivity contribution is -0.137. The highest BCUT2D eigenvalue weighted by Gasteiger charge is 2.30. The average Bonchev–Trinajstić information content (AvgIpc) is 2.99. The van der Waals surface area contributed by atoms with Crippen molar-refractivity contribution in [3.05, 3.63) is 47.0 Å². The monoisotopic (exact) mass is 328 g/mol. The van der Waals surface area contributed by atoms with Crippen LogP contribution in [0.25, 0.3) is 0 Å². The van der Waals surface area contributed by atoms with Crippen LogP contribution in [-0.4, -0.2) is 17.9 Å². The molecular formula is C15H15F3N2OS. The summed E-state index contributed by atoms with van der Waals surface area (Å²) in [6.45, 7) is 1.82. The molecule has 2 rings (SSSR count). The first kappa shape index (κ1) is 16.5. The number of aromatic nitrogens is 1. The quantitative estimate of drug-likeness (QED) is 0.837. The molecule has 0 saturated carbocycles. The molecule has 0 spiro atoms. The molecule has 0 aliphatic heterocycles. The minimum absolute atomic E-state index is 0.123. The molecule has 0 aliphatic carbocycles. The fraction of sp³-hybridized carbons (Fsp3) is 0.333. The fourth-order valence-corrected chi connectivity index (χ4v) is 2.63. The van der Waals surface area contributed by atoms with Gasteiger partial charge in [0.05, 0.1) is 5.56 Å². The summed E-state index contributed by atoms with van der Waals surface area (Å²) in [6, 6.07) is 4.93. The Bertz CT molecular complexity index is 623. The largest absolute Gasteiger partial charge is 0.416 e. The van der Waals surface area contributed by atoms with Gasteiger partial charge in [0.15, 0.2) is 5.13 Å². The molecule has 7 heteroatoms. The number of rotatable bonds is 4. The smallest absolute Gasteiger partial charge is 0.291 e. The number of carbonyl (C=O) groups is 1. The van der Waals surface area contributed by atoms with Crippen molar-refractivity contribution in [3.8, 4) is 0 Å². The topological polar surface area (TPSA) is 33.2 Å². The van der Waals surface area contributed by atoms with Gasteiger partial charge in [-0.3, -0.25) is 9.69 Å². The molecule has 0 saturated heterocycles. The maximum absolute atomic E-state index is 12.5. The molecule has 0 N–H and O–H groups in total. The van der Waals surface area contributed by atoms with E-state index in [4.69, 9.17) is 0 Å². The molecular weight excluding hydrogens is 313 g/mol. The molecule has 1 unspecified atom stereocenters. The second-order valence-electron chi connectivity index (χ2n) is 4.99. The molecule has 1 aromatic heterocycles. The summed E-state index contributed by atoms with van der Waals surface area (Å²) in [5.74, 6) is -0.292. The van der Waals surface area contributed by atoms with E-state index >= 15 is 0 Å². The molecule has 1 atom stereocenters. The summed E-state index contributed by atoms with van der Waals surface area (Å²) in [5, 5.41) is 2.38. The predicted octanol–water partition coefficient (Wildman–Crippen LogP) is 4.32. The number of hydrogen-bond donors (Lipinski definition) is 0. The minimum Gasteiger partial charge on any atom is -0.291 e. The Morgan fingerprint density at radius 1 is 1.32 bits per heavy atom. The molecule has 1 amide bonds. The summed E-state index contributed by atoms with van der Waals surface area (Å²) in [7, 11) is 1.64. The lowest BCUT2D eigenvalue weighted by atomic mass is 9.96. The van der Waals surface area contributed by atoms with Crippen molar-refractivity contribution in [2.24, 2.45) is 0 Å². The minimum atomic E-state index is -4.34. The second-order valence-corrected chi connectivity index (χ2v) is 5.87. The molecule has 3 nitrogen and oxygen atoms in total. The maximum atomic E-state index is 12.5. The number of nitrogens with zero attached hydrogens (tertiary/aromatic N) is 2. The van der Waals surface area contributed by atoms with Gasteiger partial charge in [-0.1, -0.05) is 19.1 Å². The molecule has 1 heterocycles. The third-order valence-electron chi connectivity index (χ3n) is 3.37. The van der Waals surface area contributed by atoms with E-state index in [1.807, 2.05) is 6.92 Å². The first-order valence-corrected chi connectivity index (χ1v) is 7.50. The predicted molar refractivity (Wildman–Crippen MR) is 80.0 cm³/mol. The standard InChI is InChI=1S/C15H15F3N2OS/c1-10(9-13(21)20(2)14-19-7-8-22-14)11-3-5-12(6-4-11)15(16,17)18/h3-8,10H,9H2,1-2H3. The molecule has 0 aliphatic rings. The molecule has 1 aromatic carbocycles. The fourth-order valence-electron chi connectivity index (χ4n) is 2.01. The van der Waals surface area contributed by atoms with Gasteiger partial charge in [-0.25, -0.2) is 4.98 Å². The lowest BCUT2D eigenvalue weighted by Gasteiger charge is -2.18. The van der Waals surface area contributed by atoms with Gasteiger partial charge in [0.2, 0.25) is 5.91 Å². The molecule has 0 bridgehead atoms. The zero-order chi connectivity index (χ0) is 16.3. The summed E-state index contributed by atoms with van der Waals surface area (Å²) >= 11 is 1.36. The van der Waals surface area contributed by atoms with Gasteiger partial charge < -0.3 is 0 Å². The lowest BCUT2D eigenvalue weighted by Crippen LogP contribution is -2.27. The Balaban J connectivity index is 2.03. The number of benzene rings is 1. The third-order valence-corrected chi connectivity index (χ3v) is 4.22. The Morgan fingerprint density at radius 3 is 2.45 bits per heavy atom. The van der Waals surface area contributed by atoms with E-state index in [9.17, 15) is 18.0 Å². The number of carbonyl (C=O) groups excluding carboxylic acids is 1. The average molecular weight is 328 g/mol. The summed E-state index contributed by atoms with van der Waals surface area (Å²) < 4.78 is 37.6. The SMILES string of the molecule is CC(CC(=O)N(C)c1nccs1)c1ccc(C(F)(F)F)cc1. The van der Waals surface area contributed by atoms with Gasteiger partial charge in [0.25, 0.3) is 0 Å². The third kappa shape index (κ3) is 3.85. The number of amides is 1. The first-order chi connectivity index (χ1) is 10.3. The Labute approximate surface area is 130 Å². The van der Waals surface area contributed by atoms with Crippen LogP contribution >= 0.6 is 11.3 Å². The van der Waals surface area contributed by atoms with E-state index in [1.54, 1.807) is 18.6 Å². The van der Waals surface area contributed by atoms with Crippen molar-refractivity contribution >= 4 is 22.4 Å². The van der Waals surface area contributed by atoms with E-state index in [0.29, 0.717) is 10.7 Å². The summed E-state index contributed by atoms with van der Waals surface area (Å²) in [6.07, 6.45) is -2.52. The molecule has 0 radical (unpaired) electrons. The number of alkyl halides is 3. The van der Waals surface area contributed by atoms with Crippen LogP contribution in [0.2, 0.25) is 0 Å². The molecule has 118 valence electrons. The van der Waals surface area contributed by atoms with Crippen molar-refractivity contribution in [1.82, 2.24) is 4.98 Å². The number of thiazole rings is 1. The van der Waals surface area contributed by atoms with Crippen LogP contribution in [0, 0.1) is 0 Å². The van der Waals surface area contributed by atoms with Gasteiger partial charge >= 0.3 is 6.18 Å². The van der Waals surface area contributed by atoms with E-state index in [0.717, 1.165) is 12.1 Å². The van der Waals surface area contributed by atoms with Crippen LogP contribution in [0.15, 0.2) is 35.8 Å². The van der Waals surface area contributed by atoms with E-state index in [-0.39, 0.29) is 18.2 Å². The highest BCUT2D eigenvalue weighted by molar-refractivity contribution is 7.13. The van der Waals surface area contributed by atoms with Crippen molar-refractivity contribution in [2.45, 2.75) is 25.4 Å². The highest BCUT2D eigenvalue weighted by Crippen LogP contribution is 2.31. The van der Waals surface area contributed by atoms with Gasteiger partial charge in [0.1, 0.15) is 0 Å². The summed E-state index contributed by atoms with van der Waals surface area (Å²) in [4.78, 5) is 17.7. The van der Waals surface area contributed by atoms with E-state index in [2.05, 4.69) is 4.98 Å². The van der Waals surface area contributed by atoms with Crippen LogP contribution < -0.4 is 4.90 Å². The highest BCUT2D eigenvalue weighted by atomic mass is 32.1. The van der Waals surface area contributed by atoms with Gasteiger partial charge in [-0.05, 0) is 23.6 Å². The second kappa shape index (κ2) is 6.48. The zero-order valence-electron chi connectivity index (χ0n) is 12.1.